The molecule has 0 N–H and O–H groups in total. The van der Waals surface area contributed by atoms with Crippen LogP contribution in [0.2, 0.25) is 0 Å². The van der Waals surface area contributed by atoms with Crippen molar-refractivity contribution in [2.75, 3.05) is 18.6 Å². The number of benzene rings is 1. The zero-order chi connectivity index (χ0) is 13.8. The maximum absolute atomic E-state index is 11.4. The number of ether oxygens (including phenoxy) is 1. The number of thiazole rings is 1. The van der Waals surface area contributed by atoms with Gasteiger partial charge in [-0.15, -0.1) is 11.3 Å². The fourth-order valence-corrected chi connectivity index (χ4v) is 2.62. The van der Waals surface area contributed by atoms with E-state index >= 15 is 0 Å². The maximum Gasteiger partial charge on any atom is 0.357 e. The molecule has 4 nitrogen and oxygen atoms in total. The van der Waals surface area contributed by atoms with Crippen molar-refractivity contribution < 1.29 is 9.53 Å². The van der Waals surface area contributed by atoms with Gasteiger partial charge >= 0.3 is 5.97 Å². The molecule has 0 aliphatic carbocycles. The standard InChI is InChI=1S/C14H16N2O2S/c1-4-16(11-7-5-10(2)6-8-11)14-15-12(9-19-14)13(17)18-3/h5-9H,4H2,1-3H3. The lowest BCUT2D eigenvalue weighted by molar-refractivity contribution is 0.0595. The minimum Gasteiger partial charge on any atom is -0.464 e. The van der Waals surface area contributed by atoms with Crippen molar-refractivity contribution in [3.05, 3.63) is 40.9 Å². The van der Waals surface area contributed by atoms with Gasteiger partial charge in [0.2, 0.25) is 0 Å². The molecule has 1 aromatic carbocycles. The molecular weight excluding hydrogens is 260 g/mol. The SMILES string of the molecule is CCN(c1ccc(C)cc1)c1nc(C(=O)OC)cs1. The highest BCUT2D eigenvalue weighted by molar-refractivity contribution is 7.14. The van der Waals surface area contributed by atoms with E-state index < -0.39 is 5.97 Å². The number of rotatable bonds is 4. The molecule has 0 amide bonds. The second kappa shape index (κ2) is 5.84. The van der Waals surface area contributed by atoms with Gasteiger partial charge in [0.05, 0.1) is 7.11 Å². The van der Waals surface area contributed by atoms with Gasteiger partial charge in [-0.1, -0.05) is 17.7 Å². The highest BCUT2D eigenvalue weighted by atomic mass is 32.1. The van der Waals surface area contributed by atoms with E-state index in [0.717, 1.165) is 17.4 Å². The van der Waals surface area contributed by atoms with Crippen LogP contribution in [0.1, 0.15) is 23.0 Å². The normalized spacial score (nSPS) is 10.3. The number of carbonyl (C=O) groups is 1. The summed E-state index contributed by atoms with van der Waals surface area (Å²) < 4.78 is 4.67. The quantitative estimate of drug-likeness (QED) is 0.803. The molecule has 0 atom stereocenters. The van der Waals surface area contributed by atoms with E-state index in [-0.39, 0.29) is 0 Å². The number of aryl methyl sites for hydroxylation is 1. The topological polar surface area (TPSA) is 42.4 Å². The van der Waals surface area contributed by atoms with Gasteiger partial charge in [-0.25, -0.2) is 9.78 Å². The molecule has 2 aromatic rings. The van der Waals surface area contributed by atoms with Gasteiger partial charge in [0.25, 0.3) is 0 Å². The number of carbonyl (C=O) groups excluding carboxylic acids is 1. The molecule has 19 heavy (non-hydrogen) atoms. The number of methoxy groups -OCH3 is 1. The average molecular weight is 276 g/mol. The first-order valence-electron chi connectivity index (χ1n) is 6.03. The highest BCUT2D eigenvalue weighted by Gasteiger charge is 2.15. The Balaban J connectivity index is 2.29. The van der Waals surface area contributed by atoms with Crippen molar-refractivity contribution in [1.29, 1.82) is 0 Å². The summed E-state index contributed by atoms with van der Waals surface area (Å²) in [5.74, 6) is -0.401. The molecule has 100 valence electrons. The van der Waals surface area contributed by atoms with Crippen molar-refractivity contribution in [3.63, 3.8) is 0 Å². The van der Waals surface area contributed by atoms with Crippen LogP contribution in [0.15, 0.2) is 29.6 Å². The summed E-state index contributed by atoms with van der Waals surface area (Å²) in [5, 5.41) is 2.52. The molecule has 0 unspecified atom stereocenters. The van der Waals surface area contributed by atoms with E-state index in [2.05, 4.69) is 52.7 Å². The molecule has 0 spiro atoms. The van der Waals surface area contributed by atoms with Crippen LogP contribution in [0.5, 0.6) is 0 Å². The Kier molecular flexibility index (Phi) is 4.16. The molecule has 0 fully saturated rings. The van der Waals surface area contributed by atoms with Crippen LogP contribution in [0.3, 0.4) is 0 Å². The van der Waals surface area contributed by atoms with Crippen LogP contribution >= 0.6 is 11.3 Å². The monoisotopic (exact) mass is 276 g/mol. The van der Waals surface area contributed by atoms with Gasteiger partial charge in [-0.05, 0) is 26.0 Å². The molecule has 0 radical (unpaired) electrons. The van der Waals surface area contributed by atoms with Crippen LogP contribution in [-0.2, 0) is 4.74 Å². The second-order valence-corrected chi connectivity index (χ2v) is 4.92. The van der Waals surface area contributed by atoms with Crippen molar-refractivity contribution in [2.45, 2.75) is 13.8 Å². The summed E-state index contributed by atoms with van der Waals surface area (Å²) in [7, 11) is 1.36. The minimum atomic E-state index is -0.401. The summed E-state index contributed by atoms with van der Waals surface area (Å²) in [6.07, 6.45) is 0. The predicted octanol–water partition coefficient (Wildman–Crippen LogP) is 3.40. The Morgan fingerprint density at radius 3 is 2.63 bits per heavy atom. The first-order valence-corrected chi connectivity index (χ1v) is 6.91. The third kappa shape index (κ3) is 2.93. The van der Waals surface area contributed by atoms with E-state index in [4.69, 9.17) is 0 Å². The van der Waals surface area contributed by atoms with Crippen LogP contribution in [0.25, 0.3) is 0 Å². The molecule has 1 heterocycles. The summed E-state index contributed by atoms with van der Waals surface area (Å²) >= 11 is 1.44. The van der Waals surface area contributed by atoms with Crippen LogP contribution < -0.4 is 4.90 Å². The van der Waals surface area contributed by atoms with Gasteiger partial charge in [0, 0.05) is 17.6 Å². The number of esters is 1. The summed E-state index contributed by atoms with van der Waals surface area (Å²) in [5.41, 5.74) is 2.64. The van der Waals surface area contributed by atoms with E-state index in [1.807, 2.05) is 0 Å². The van der Waals surface area contributed by atoms with Crippen LogP contribution in [0, 0.1) is 6.92 Å². The first kappa shape index (κ1) is 13.5. The maximum atomic E-state index is 11.4. The molecule has 0 aliphatic rings. The lowest BCUT2D eigenvalue weighted by Crippen LogP contribution is -2.16. The third-order valence-corrected chi connectivity index (χ3v) is 3.64. The lowest BCUT2D eigenvalue weighted by Gasteiger charge is -2.19. The molecular formula is C14H16N2O2S. The van der Waals surface area contributed by atoms with Gasteiger partial charge in [-0.3, -0.25) is 0 Å². The summed E-state index contributed by atoms with van der Waals surface area (Å²) in [4.78, 5) is 17.8. The number of anilines is 2. The first-order chi connectivity index (χ1) is 9.15. The zero-order valence-electron chi connectivity index (χ0n) is 11.2. The van der Waals surface area contributed by atoms with E-state index in [0.29, 0.717) is 5.69 Å². The van der Waals surface area contributed by atoms with Crippen LogP contribution in [0.4, 0.5) is 10.8 Å². The average Bonchev–Trinajstić information content (AvgIpc) is 2.90. The van der Waals surface area contributed by atoms with E-state index in [9.17, 15) is 4.79 Å². The van der Waals surface area contributed by atoms with E-state index in [1.54, 1.807) is 5.38 Å². The second-order valence-electron chi connectivity index (χ2n) is 4.09. The van der Waals surface area contributed by atoms with Crippen LogP contribution in [-0.4, -0.2) is 24.6 Å². The van der Waals surface area contributed by atoms with Gasteiger partial charge in [0.1, 0.15) is 0 Å². The summed E-state index contributed by atoms with van der Waals surface area (Å²) in [6, 6.07) is 8.23. The Morgan fingerprint density at radius 2 is 2.05 bits per heavy atom. The Morgan fingerprint density at radius 1 is 1.37 bits per heavy atom. The van der Waals surface area contributed by atoms with Crippen molar-refractivity contribution in [1.82, 2.24) is 4.98 Å². The van der Waals surface area contributed by atoms with Gasteiger partial charge < -0.3 is 9.64 Å². The van der Waals surface area contributed by atoms with Crippen molar-refractivity contribution in [2.24, 2.45) is 0 Å². The predicted molar refractivity (Wildman–Crippen MR) is 77.3 cm³/mol. The molecule has 0 saturated heterocycles. The molecule has 0 aliphatic heterocycles. The number of hydrogen-bond donors (Lipinski definition) is 0. The van der Waals surface area contributed by atoms with Gasteiger partial charge in [0.15, 0.2) is 10.8 Å². The molecule has 5 heteroatoms. The Labute approximate surface area is 116 Å². The fourth-order valence-electron chi connectivity index (χ4n) is 1.74. The lowest BCUT2D eigenvalue weighted by atomic mass is 10.2. The zero-order valence-corrected chi connectivity index (χ0v) is 12.0. The largest absolute Gasteiger partial charge is 0.464 e. The minimum absolute atomic E-state index is 0.355. The number of hydrogen-bond acceptors (Lipinski definition) is 5. The molecule has 0 bridgehead atoms. The van der Waals surface area contributed by atoms with Gasteiger partial charge in [-0.2, -0.15) is 0 Å². The molecule has 0 saturated carbocycles. The Bertz CT molecular complexity index is 563. The van der Waals surface area contributed by atoms with E-state index in [1.165, 1.54) is 24.0 Å². The summed E-state index contributed by atoms with van der Waals surface area (Å²) in [6.45, 7) is 4.90. The number of aromatic nitrogens is 1. The van der Waals surface area contributed by atoms with Crippen molar-refractivity contribution >= 4 is 28.1 Å². The molecule has 2 rings (SSSR count). The Hall–Kier alpha value is -1.88. The van der Waals surface area contributed by atoms with Crippen molar-refractivity contribution in [3.8, 4) is 0 Å². The fraction of sp³-hybridized carbons (Fsp3) is 0.286. The number of nitrogens with zero attached hydrogens (tertiary/aromatic N) is 2. The third-order valence-electron chi connectivity index (χ3n) is 2.78. The highest BCUT2D eigenvalue weighted by Crippen LogP contribution is 2.28. The smallest absolute Gasteiger partial charge is 0.357 e. The molecule has 1 aromatic heterocycles.